The van der Waals surface area contributed by atoms with Gasteiger partial charge >= 0.3 is 0 Å². The number of H-pyrrole nitrogens is 1. The average Bonchev–Trinajstić information content (AvgIpc) is 3.26. The van der Waals surface area contributed by atoms with Gasteiger partial charge in [0.15, 0.2) is 0 Å². The molecule has 0 saturated heterocycles. The van der Waals surface area contributed by atoms with Crippen LogP contribution in [0.2, 0.25) is 0 Å². The molecule has 2 aromatic heterocycles. The fourth-order valence-corrected chi connectivity index (χ4v) is 3.44. The van der Waals surface area contributed by atoms with Crippen molar-refractivity contribution in [3.8, 4) is 11.8 Å². The van der Waals surface area contributed by atoms with Gasteiger partial charge in [-0.3, -0.25) is 5.10 Å². The number of aromatic amines is 1. The molecule has 0 atom stereocenters. The summed E-state index contributed by atoms with van der Waals surface area (Å²) in [4.78, 5) is 4.54. The summed E-state index contributed by atoms with van der Waals surface area (Å²) in [6, 6.07) is 12.1. The first-order valence-corrected chi connectivity index (χ1v) is 8.84. The largest absolute Gasteiger partial charge is 0.262 e. The van der Waals surface area contributed by atoms with Crippen molar-refractivity contribution in [1.82, 2.24) is 25.0 Å². The number of rotatable bonds is 5. The second-order valence-electron chi connectivity index (χ2n) is 5.83. The van der Waals surface area contributed by atoms with E-state index >= 15 is 0 Å². The number of nitrogens with one attached hydrogen (secondary N) is 1. The van der Waals surface area contributed by atoms with E-state index in [-0.39, 0.29) is 0 Å². The van der Waals surface area contributed by atoms with Crippen molar-refractivity contribution in [2.24, 2.45) is 0 Å². The van der Waals surface area contributed by atoms with Gasteiger partial charge in [-0.25, -0.2) is 9.67 Å². The molecule has 3 aromatic rings. The quantitative estimate of drug-likeness (QED) is 0.723. The highest BCUT2D eigenvalue weighted by atomic mass is 32.2. The minimum Gasteiger partial charge on any atom is -0.262 e. The summed E-state index contributed by atoms with van der Waals surface area (Å²) in [5, 5.41) is 22.0. The van der Waals surface area contributed by atoms with Crippen molar-refractivity contribution in [3.05, 3.63) is 53.1 Å². The summed E-state index contributed by atoms with van der Waals surface area (Å²) < 4.78 is 1.84. The summed E-state index contributed by atoms with van der Waals surface area (Å²) >= 11 is 1.53. The maximum atomic E-state index is 9.49. The van der Waals surface area contributed by atoms with Gasteiger partial charge in [-0.05, 0) is 31.9 Å². The maximum Gasteiger partial charge on any atom is 0.208 e. The zero-order chi connectivity index (χ0) is 16.5. The number of hydrogen-bond donors (Lipinski definition) is 1. The molecule has 1 saturated carbocycles. The maximum absolute atomic E-state index is 9.49. The lowest BCUT2D eigenvalue weighted by Crippen LogP contribution is -2.02. The molecule has 6 nitrogen and oxygen atoms in total. The van der Waals surface area contributed by atoms with E-state index in [1.54, 1.807) is 0 Å². The Morgan fingerprint density at radius 1 is 1.33 bits per heavy atom. The molecule has 1 aliphatic carbocycles. The van der Waals surface area contributed by atoms with Crippen LogP contribution in [0.3, 0.4) is 0 Å². The molecule has 24 heavy (non-hydrogen) atoms. The predicted molar refractivity (Wildman–Crippen MR) is 90.9 cm³/mol. The fraction of sp³-hybridized carbons (Fsp3) is 0.294. The molecule has 2 heterocycles. The number of nitriles is 1. The van der Waals surface area contributed by atoms with E-state index in [2.05, 4.69) is 26.3 Å². The number of thioether (sulfide) groups is 1. The number of para-hydroxylation sites is 1. The molecule has 0 unspecified atom stereocenters. The van der Waals surface area contributed by atoms with E-state index in [9.17, 15) is 5.26 Å². The molecule has 0 amide bonds. The van der Waals surface area contributed by atoms with Gasteiger partial charge in [-0.2, -0.15) is 10.4 Å². The van der Waals surface area contributed by atoms with Crippen LogP contribution in [0, 0.1) is 18.3 Å². The van der Waals surface area contributed by atoms with Gasteiger partial charge in [0.1, 0.15) is 11.9 Å². The van der Waals surface area contributed by atoms with Crippen LogP contribution in [0.1, 0.15) is 41.5 Å². The number of hydrogen-bond acceptors (Lipinski definition) is 5. The first kappa shape index (κ1) is 15.0. The van der Waals surface area contributed by atoms with Crippen LogP contribution >= 0.6 is 11.8 Å². The van der Waals surface area contributed by atoms with Crippen LogP contribution in [0.5, 0.6) is 0 Å². The molecule has 1 aliphatic rings. The molecule has 120 valence electrons. The summed E-state index contributed by atoms with van der Waals surface area (Å²) in [5.41, 5.74) is 3.20. The van der Waals surface area contributed by atoms with Gasteiger partial charge in [-0.15, -0.1) is 5.10 Å². The van der Waals surface area contributed by atoms with E-state index < -0.39 is 0 Å². The van der Waals surface area contributed by atoms with Crippen LogP contribution < -0.4 is 0 Å². The van der Waals surface area contributed by atoms with E-state index in [0.717, 1.165) is 28.1 Å². The Labute approximate surface area is 143 Å². The van der Waals surface area contributed by atoms with Crippen molar-refractivity contribution in [2.75, 3.05) is 0 Å². The van der Waals surface area contributed by atoms with Crippen molar-refractivity contribution < 1.29 is 0 Å². The van der Waals surface area contributed by atoms with Crippen molar-refractivity contribution in [2.45, 2.75) is 36.6 Å². The standard InChI is InChI=1S/C17H16N6S/c1-11-14(9-18)15(23(22-11)13-5-3-2-4-6-13)10-24-17-19-16(20-21-17)12-7-8-12/h2-6,12H,7-8,10H2,1H3,(H,19,20,21). The summed E-state index contributed by atoms with van der Waals surface area (Å²) in [6.45, 7) is 1.87. The summed E-state index contributed by atoms with van der Waals surface area (Å²) in [5.74, 6) is 2.13. The van der Waals surface area contributed by atoms with Crippen LogP contribution in [-0.4, -0.2) is 25.0 Å². The summed E-state index contributed by atoms with van der Waals surface area (Å²) in [6.07, 6.45) is 2.38. The molecule has 1 N–H and O–H groups in total. The van der Waals surface area contributed by atoms with E-state index in [1.807, 2.05) is 41.9 Å². The van der Waals surface area contributed by atoms with Gasteiger partial charge in [0.25, 0.3) is 0 Å². The van der Waals surface area contributed by atoms with Crippen molar-refractivity contribution >= 4 is 11.8 Å². The highest BCUT2D eigenvalue weighted by molar-refractivity contribution is 7.98. The Morgan fingerprint density at radius 3 is 2.83 bits per heavy atom. The lowest BCUT2D eigenvalue weighted by molar-refractivity contribution is 0.827. The zero-order valence-corrected chi connectivity index (χ0v) is 14.0. The number of aryl methyl sites for hydroxylation is 1. The Morgan fingerprint density at radius 2 is 2.12 bits per heavy atom. The lowest BCUT2D eigenvalue weighted by Gasteiger charge is -2.06. The number of nitrogens with zero attached hydrogens (tertiary/aromatic N) is 5. The SMILES string of the molecule is Cc1nn(-c2ccccc2)c(CSc2n[nH]c(C3CC3)n2)c1C#N. The fourth-order valence-electron chi connectivity index (χ4n) is 2.63. The van der Waals surface area contributed by atoms with E-state index in [0.29, 0.717) is 17.2 Å². The Kier molecular flexibility index (Phi) is 3.82. The first-order chi connectivity index (χ1) is 11.8. The van der Waals surface area contributed by atoms with E-state index in [4.69, 9.17) is 0 Å². The minimum atomic E-state index is 0.554. The highest BCUT2D eigenvalue weighted by Crippen LogP contribution is 2.38. The third kappa shape index (κ3) is 2.81. The molecule has 0 radical (unpaired) electrons. The predicted octanol–water partition coefficient (Wildman–Crippen LogP) is 3.34. The zero-order valence-electron chi connectivity index (χ0n) is 13.2. The Bertz CT molecular complexity index is 901. The van der Waals surface area contributed by atoms with Crippen LogP contribution in [0.25, 0.3) is 5.69 Å². The first-order valence-electron chi connectivity index (χ1n) is 7.85. The normalized spacial score (nSPS) is 13.8. The monoisotopic (exact) mass is 336 g/mol. The Hall–Kier alpha value is -2.59. The van der Waals surface area contributed by atoms with Crippen LogP contribution in [0.15, 0.2) is 35.5 Å². The van der Waals surface area contributed by atoms with E-state index in [1.165, 1.54) is 24.6 Å². The molecule has 0 spiro atoms. The molecule has 1 fully saturated rings. The van der Waals surface area contributed by atoms with Crippen molar-refractivity contribution in [1.29, 1.82) is 5.26 Å². The van der Waals surface area contributed by atoms with Crippen molar-refractivity contribution in [3.63, 3.8) is 0 Å². The van der Waals surface area contributed by atoms with Gasteiger partial charge in [-0.1, -0.05) is 30.0 Å². The second kappa shape index (κ2) is 6.13. The number of benzene rings is 1. The lowest BCUT2D eigenvalue weighted by atomic mass is 10.2. The topological polar surface area (TPSA) is 83.2 Å². The van der Waals surface area contributed by atoms with Crippen LogP contribution in [-0.2, 0) is 5.75 Å². The third-order valence-electron chi connectivity index (χ3n) is 4.05. The summed E-state index contributed by atoms with van der Waals surface area (Å²) in [7, 11) is 0. The van der Waals surface area contributed by atoms with Gasteiger partial charge in [0.2, 0.25) is 5.16 Å². The molecule has 0 bridgehead atoms. The molecule has 1 aromatic carbocycles. The number of aromatic nitrogens is 5. The van der Waals surface area contributed by atoms with Crippen LogP contribution in [0.4, 0.5) is 0 Å². The van der Waals surface area contributed by atoms with Gasteiger partial charge < -0.3 is 0 Å². The molecule has 7 heteroatoms. The van der Waals surface area contributed by atoms with Gasteiger partial charge in [0.05, 0.1) is 22.6 Å². The highest BCUT2D eigenvalue weighted by Gasteiger charge is 2.27. The smallest absolute Gasteiger partial charge is 0.208 e. The molecular formula is C17H16N6S. The van der Waals surface area contributed by atoms with Gasteiger partial charge in [0, 0.05) is 11.7 Å². The minimum absolute atomic E-state index is 0.554. The third-order valence-corrected chi connectivity index (χ3v) is 4.91. The average molecular weight is 336 g/mol. The second-order valence-corrected chi connectivity index (χ2v) is 6.77. The Balaban J connectivity index is 1.62. The molecular weight excluding hydrogens is 320 g/mol. The molecule has 0 aliphatic heterocycles. The molecule has 4 rings (SSSR count).